The summed E-state index contributed by atoms with van der Waals surface area (Å²) in [6.45, 7) is 3.25. The van der Waals surface area contributed by atoms with E-state index in [4.69, 9.17) is 5.73 Å². The Morgan fingerprint density at radius 2 is 2.12 bits per heavy atom. The third-order valence-electron chi connectivity index (χ3n) is 3.56. The fraction of sp³-hybridized carbons (Fsp3) is 0.571. The van der Waals surface area contributed by atoms with Crippen LogP contribution in [-0.2, 0) is 6.42 Å². The molecule has 0 radical (unpaired) electrons. The van der Waals surface area contributed by atoms with E-state index >= 15 is 0 Å². The van der Waals surface area contributed by atoms with E-state index < -0.39 is 0 Å². The zero-order valence-corrected chi connectivity index (χ0v) is 10.1. The van der Waals surface area contributed by atoms with Gasteiger partial charge in [0.1, 0.15) is 0 Å². The molecule has 1 saturated carbocycles. The summed E-state index contributed by atoms with van der Waals surface area (Å²) in [6, 6.07) is 9.70. The second-order valence-corrected chi connectivity index (χ2v) is 4.90. The fourth-order valence-corrected chi connectivity index (χ4v) is 2.50. The Kier molecular flexibility index (Phi) is 3.97. The topological polar surface area (TPSA) is 38.0 Å². The fourth-order valence-electron chi connectivity index (χ4n) is 2.50. The first-order valence-corrected chi connectivity index (χ1v) is 6.29. The minimum Gasteiger partial charge on any atom is -0.328 e. The first-order valence-electron chi connectivity index (χ1n) is 6.29. The summed E-state index contributed by atoms with van der Waals surface area (Å²) in [7, 11) is 0. The Morgan fingerprint density at radius 1 is 1.31 bits per heavy atom. The minimum absolute atomic E-state index is 0.427. The monoisotopic (exact) mass is 218 g/mol. The van der Waals surface area contributed by atoms with E-state index in [-0.39, 0.29) is 0 Å². The highest BCUT2D eigenvalue weighted by molar-refractivity contribution is 5.25. The lowest BCUT2D eigenvalue weighted by atomic mass is 10.1. The van der Waals surface area contributed by atoms with Crippen molar-refractivity contribution >= 4 is 0 Å². The van der Waals surface area contributed by atoms with Crippen LogP contribution in [0.15, 0.2) is 24.3 Å². The van der Waals surface area contributed by atoms with Crippen molar-refractivity contribution in [1.29, 1.82) is 0 Å². The van der Waals surface area contributed by atoms with Crippen molar-refractivity contribution in [3.63, 3.8) is 0 Å². The molecule has 1 aliphatic rings. The largest absolute Gasteiger partial charge is 0.328 e. The summed E-state index contributed by atoms with van der Waals surface area (Å²) in [5.74, 6) is 0. The Bertz CT molecular complexity index is 335. The highest BCUT2D eigenvalue weighted by Crippen LogP contribution is 2.17. The van der Waals surface area contributed by atoms with E-state index in [0.29, 0.717) is 12.1 Å². The van der Waals surface area contributed by atoms with Gasteiger partial charge in [0.05, 0.1) is 0 Å². The maximum atomic E-state index is 5.89. The lowest BCUT2D eigenvalue weighted by Gasteiger charge is -2.12. The van der Waals surface area contributed by atoms with Gasteiger partial charge in [-0.05, 0) is 50.3 Å². The second-order valence-electron chi connectivity index (χ2n) is 4.90. The minimum atomic E-state index is 0.427. The molecule has 0 saturated heterocycles. The van der Waals surface area contributed by atoms with E-state index in [9.17, 15) is 0 Å². The second kappa shape index (κ2) is 5.46. The van der Waals surface area contributed by atoms with Crippen LogP contribution in [0.5, 0.6) is 0 Å². The Balaban J connectivity index is 1.74. The molecule has 2 unspecified atom stereocenters. The number of hydrogen-bond donors (Lipinski definition) is 2. The first-order chi connectivity index (χ1) is 7.75. The average Bonchev–Trinajstić information content (AvgIpc) is 2.67. The number of aryl methyl sites for hydroxylation is 1. The number of benzene rings is 1. The van der Waals surface area contributed by atoms with Crippen LogP contribution >= 0.6 is 0 Å². The summed E-state index contributed by atoms with van der Waals surface area (Å²) >= 11 is 0. The Hall–Kier alpha value is -0.860. The summed E-state index contributed by atoms with van der Waals surface area (Å²) in [5, 5.41) is 3.61. The molecule has 0 aliphatic heterocycles. The summed E-state index contributed by atoms with van der Waals surface area (Å²) in [6.07, 6.45) is 4.70. The zero-order valence-electron chi connectivity index (χ0n) is 10.1. The highest BCUT2D eigenvalue weighted by Gasteiger charge is 2.20. The van der Waals surface area contributed by atoms with Gasteiger partial charge in [0.15, 0.2) is 0 Å². The summed E-state index contributed by atoms with van der Waals surface area (Å²) < 4.78 is 0. The quantitative estimate of drug-likeness (QED) is 0.811. The van der Waals surface area contributed by atoms with Gasteiger partial charge in [0.25, 0.3) is 0 Å². The molecule has 2 atom stereocenters. The summed E-state index contributed by atoms with van der Waals surface area (Å²) in [5.41, 5.74) is 8.74. The molecule has 0 heterocycles. The molecule has 1 fully saturated rings. The van der Waals surface area contributed by atoms with Gasteiger partial charge in [-0.3, -0.25) is 0 Å². The third-order valence-corrected chi connectivity index (χ3v) is 3.56. The van der Waals surface area contributed by atoms with Crippen LogP contribution in [0.2, 0.25) is 0 Å². The maximum absolute atomic E-state index is 5.89. The standard InChI is InChI=1S/C14H22N2/c1-11-4-2-3-5-12(11)8-9-16-14-7-6-13(15)10-14/h2-5,13-14,16H,6-10,15H2,1H3. The van der Waals surface area contributed by atoms with Gasteiger partial charge in [-0.2, -0.15) is 0 Å². The zero-order chi connectivity index (χ0) is 11.4. The molecule has 1 aromatic carbocycles. The number of hydrogen-bond acceptors (Lipinski definition) is 2. The highest BCUT2D eigenvalue weighted by atomic mass is 14.9. The predicted octanol–water partition coefficient (Wildman–Crippen LogP) is 2.01. The molecule has 1 aromatic rings. The van der Waals surface area contributed by atoms with Crippen LogP contribution in [-0.4, -0.2) is 18.6 Å². The van der Waals surface area contributed by atoms with Gasteiger partial charge in [0, 0.05) is 12.1 Å². The van der Waals surface area contributed by atoms with Crippen LogP contribution in [0.3, 0.4) is 0 Å². The molecule has 16 heavy (non-hydrogen) atoms. The third kappa shape index (κ3) is 3.06. The average molecular weight is 218 g/mol. The van der Waals surface area contributed by atoms with Crippen LogP contribution in [0.25, 0.3) is 0 Å². The lowest BCUT2D eigenvalue weighted by molar-refractivity contribution is 0.520. The van der Waals surface area contributed by atoms with Crippen molar-refractivity contribution in [3.8, 4) is 0 Å². The van der Waals surface area contributed by atoms with Gasteiger partial charge in [-0.25, -0.2) is 0 Å². The summed E-state index contributed by atoms with van der Waals surface area (Å²) in [4.78, 5) is 0. The van der Waals surface area contributed by atoms with E-state index in [1.165, 1.54) is 24.0 Å². The molecule has 0 amide bonds. The maximum Gasteiger partial charge on any atom is 0.00824 e. The van der Waals surface area contributed by atoms with Crippen molar-refractivity contribution < 1.29 is 0 Å². The predicted molar refractivity (Wildman–Crippen MR) is 68.5 cm³/mol. The van der Waals surface area contributed by atoms with Crippen molar-refractivity contribution in [2.45, 2.75) is 44.7 Å². The van der Waals surface area contributed by atoms with E-state index in [1.54, 1.807) is 0 Å². The van der Waals surface area contributed by atoms with Crippen LogP contribution in [0.1, 0.15) is 30.4 Å². The molecule has 0 spiro atoms. The molecule has 0 aromatic heterocycles. The van der Waals surface area contributed by atoms with Crippen molar-refractivity contribution in [3.05, 3.63) is 35.4 Å². The van der Waals surface area contributed by atoms with Crippen LogP contribution < -0.4 is 11.1 Å². The molecule has 88 valence electrons. The Morgan fingerprint density at radius 3 is 2.81 bits per heavy atom. The van der Waals surface area contributed by atoms with Gasteiger partial charge in [0.2, 0.25) is 0 Å². The number of rotatable bonds is 4. The molecule has 1 aliphatic carbocycles. The van der Waals surface area contributed by atoms with Gasteiger partial charge < -0.3 is 11.1 Å². The van der Waals surface area contributed by atoms with E-state index in [2.05, 4.69) is 36.5 Å². The van der Waals surface area contributed by atoms with Crippen LogP contribution in [0.4, 0.5) is 0 Å². The van der Waals surface area contributed by atoms with Gasteiger partial charge in [-0.1, -0.05) is 24.3 Å². The normalized spacial score (nSPS) is 24.9. The smallest absolute Gasteiger partial charge is 0.00824 e. The number of nitrogens with one attached hydrogen (secondary N) is 1. The SMILES string of the molecule is Cc1ccccc1CCNC1CCC(N)C1. The van der Waals surface area contributed by atoms with Gasteiger partial charge in [-0.15, -0.1) is 0 Å². The van der Waals surface area contributed by atoms with Crippen LogP contribution in [0, 0.1) is 6.92 Å². The van der Waals surface area contributed by atoms with Gasteiger partial charge >= 0.3 is 0 Å². The van der Waals surface area contributed by atoms with Crippen molar-refractivity contribution in [1.82, 2.24) is 5.32 Å². The lowest BCUT2D eigenvalue weighted by Crippen LogP contribution is -2.30. The molecule has 3 N–H and O–H groups in total. The van der Waals surface area contributed by atoms with Crippen molar-refractivity contribution in [2.24, 2.45) is 5.73 Å². The molecule has 2 nitrogen and oxygen atoms in total. The molecular weight excluding hydrogens is 196 g/mol. The molecular formula is C14H22N2. The van der Waals surface area contributed by atoms with Crippen molar-refractivity contribution in [2.75, 3.05) is 6.54 Å². The van der Waals surface area contributed by atoms with E-state index in [1.807, 2.05) is 0 Å². The van der Waals surface area contributed by atoms with E-state index in [0.717, 1.165) is 19.4 Å². The molecule has 0 bridgehead atoms. The first kappa shape index (κ1) is 11.6. The Labute approximate surface area is 98.2 Å². The molecule has 2 heteroatoms. The number of nitrogens with two attached hydrogens (primary N) is 1. The molecule has 2 rings (SSSR count).